The van der Waals surface area contributed by atoms with Gasteiger partial charge in [0, 0.05) is 54.1 Å². The van der Waals surface area contributed by atoms with Gasteiger partial charge in [0.05, 0.1) is 11.4 Å². The zero-order valence-corrected chi connectivity index (χ0v) is 15.5. The Morgan fingerprint density at radius 1 is 1.12 bits per heavy atom. The lowest BCUT2D eigenvalue weighted by Gasteiger charge is -2.32. The van der Waals surface area contributed by atoms with Crippen molar-refractivity contribution in [1.82, 2.24) is 24.6 Å². The molecule has 2 aliphatic heterocycles. The first kappa shape index (κ1) is 15.5. The van der Waals surface area contributed by atoms with Gasteiger partial charge in [-0.1, -0.05) is 28.1 Å². The Labute approximate surface area is 155 Å². The second kappa shape index (κ2) is 6.20. The van der Waals surface area contributed by atoms with E-state index in [0.29, 0.717) is 12.1 Å². The number of fused-ring (bicyclic) bond motifs is 3. The summed E-state index contributed by atoms with van der Waals surface area (Å²) in [5.74, 6) is 0.772. The Hall–Kier alpha value is -1.76. The van der Waals surface area contributed by atoms with E-state index in [4.69, 9.17) is 4.98 Å². The Bertz CT molecular complexity index is 892. The van der Waals surface area contributed by atoms with E-state index in [1.807, 2.05) is 12.3 Å². The molecule has 2 bridgehead atoms. The van der Waals surface area contributed by atoms with Crippen LogP contribution in [0.3, 0.4) is 0 Å². The highest BCUT2D eigenvalue weighted by atomic mass is 79.9. The maximum Gasteiger partial charge on any atom is 0.234 e. The van der Waals surface area contributed by atoms with Crippen molar-refractivity contribution in [3.8, 4) is 11.3 Å². The highest BCUT2D eigenvalue weighted by molar-refractivity contribution is 9.10. The number of hydrogen-bond donors (Lipinski definition) is 1. The highest BCUT2D eigenvalue weighted by Crippen LogP contribution is 2.28. The van der Waals surface area contributed by atoms with Gasteiger partial charge in [-0.15, -0.1) is 0 Å². The first-order valence-electron chi connectivity index (χ1n) is 8.82. The molecule has 1 aromatic carbocycles. The van der Waals surface area contributed by atoms with Gasteiger partial charge in [-0.3, -0.25) is 9.30 Å². The van der Waals surface area contributed by atoms with Crippen molar-refractivity contribution in [2.75, 3.05) is 13.1 Å². The van der Waals surface area contributed by atoms with E-state index >= 15 is 0 Å². The van der Waals surface area contributed by atoms with E-state index in [1.54, 1.807) is 0 Å². The van der Waals surface area contributed by atoms with Crippen LogP contribution in [0.1, 0.15) is 18.5 Å². The predicted molar refractivity (Wildman–Crippen MR) is 101 cm³/mol. The number of hydrogen-bond acceptors (Lipinski definition) is 4. The Balaban J connectivity index is 1.55. The first-order chi connectivity index (χ1) is 12.3. The van der Waals surface area contributed by atoms with Crippen molar-refractivity contribution in [3.05, 3.63) is 52.9 Å². The number of nitrogens with zero attached hydrogens (tertiary/aromatic N) is 4. The average molecular weight is 398 g/mol. The molecule has 25 heavy (non-hydrogen) atoms. The van der Waals surface area contributed by atoms with Gasteiger partial charge in [0.15, 0.2) is 0 Å². The first-order valence-corrected chi connectivity index (χ1v) is 9.62. The average Bonchev–Trinajstić information content (AvgIpc) is 3.16. The molecule has 2 unspecified atom stereocenters. The third kappa shape index (κ3) is 2.88. The number of benzene rings is 1. The molecule has 128 valence electrons. The minimum absolute atomic E-state index is 0.646. The minimum Gasteiger partial charge on any atom is -0.309 e. The molecule has 0 amide bonds. The van der Waals surface area contributed by atoms with E-state index in [-0.39, 0.29) is 0 Å². The SMILES string of the molecule is Brc1ccc(-c2nc3ncccn3c2CN2CC3CCC(C2)N3)cc1. The van der Waals surface area contributed by atoms with E-state index in [9.17, 15) is 0 Å². The number of imidazole rings is 1. The summed E-state index contributed by atoms with van der Waals surface area (Å²) < 4.78 is 3.22. The largest absolute Gasteiger partial charge is 0.309 e. The Morgan fingerprint density at radius 2 is 1.88 bits per heavy atom. The van der Waals surface area contributed by atoms with E-state index < -0.39 is 0 Å². The standard InChI is InChI=1S/C19H20BrN5/c20-14-4-2-13(3-5-14)18-17(25-9-1-8-21-19(25)23-18)12-24-10-15-6-7-16(11-24)22-15/h1-5,8-9,15-16,22H,6-7,10-12H2. The summed E-state index contributed by atoms with van der Waals surface area (Å²) in [4.78, 5) is 11.8. The molecule has 1 N–H and O–H groups in total. The zero-order valence-electron chi connectivity index (χ0n) is 13.9. The fourth-order valence-electron chi connectivity index (χ4n) is 4.15. The van der Waals surface area contributed by atoms with Crippen molar-refractivity contribution in [2.24, 2.45) is 0 Å². The highest BCUT2D eigenvalue weighted by Gasteiger charge is 2.32. The maximum atomic E-state index is 4.83. The molecule has 6 heteroatoms. The fourth-order valence-corrected chi connectivity index (χ4v) is 4.42. The second-order valence-electron chi connectivity index (χ2n) is 7.04. The van der Waals surface area contributed by atoms with Gasteiger partial charge < -0.3 is 5.32 Å². The lowest BCUT2D eigenvalue weighted by Crippen LogP contribution is -2.50. The third-order valence-electron chi connectivity index (χ3n) is 5.29. The molecular weight excluding hydrogens is 378 g/mol. The monoisotopic (exact) mass is 397 g/mol. The lowest BCUT2D eigenvalue weighted by atomic mass is 10.1. The normalized spacial score (nSPS) is 23.4. The minimum atomic E-state index is 0.646. The van der Waals surface area contributed by atoms with Gasteiger partial charge in [-0.2, -0.15) is 0 Å². The maximum absolute atomic E-state index is 4.83. The van der Waals surface area contributed by atoms with Crippen molar-refractivity contribution < 1.29 is 0 Å². The van der Waals surface area contributed by atoms with Crippen LogP contribution >= 0.6 is 15.9 Å². The van der Waals surface area contributed by atoms with E-state index in [0.717, 1.165) is 41.1 Å². The number of aromatic nitrogens is 3. The molecule has 2 atom stereocenters. The zero-order chi connectivity index (χ0) is 16.8. The number of piperazine rings is 1. The number of likely N-dealkylation sites (tertiary alicyclic amines) is 1. The third-order valence-corrected chi connectivity index (χ3v) is 5.81. The van der Waals surface area contributed by atoms with Crippen LogP contribution < -0.4 is 5.32 Å². The van der Waals surface area contributed by atoms with Gasteiger partial charge in [0.1, 0.15) is 0 Å². The number of rotatable bonds is 3. The van der Waals surface area contributed by atoms with Crippen molar-refractivity contribution in [2.45, 2.75) is 31.5 Å². The lowest BCUT2D eigenvalue weighted by molar-refractivity contribution is 0.187. The van der Waals surface area contributed by atoms with Crippen LogP contribution in [0, 0.1) is 0 Å². The van der Waals surface area contributed by atoms with Crippen molar-refractivity contribution in [1.29, 1.82) is 0 Å². The van der Waals surface area contributed by atoms with Gasteiger partial charge in [-0.05, 0) is 31.0 Å². The van der Waals surface area contributed by atoms with Crippen LogP contribution in [0.5, 0.6) is 0 Å². The van der Waals surface area contributed by atoms with Crippen molar-refractivity contribution in [3.63, 3.8) is 0 Å². The summed E-state index contributed by atoms with van der Waals surface area (Å²) in [7, 11) is 0. The van der Waals surface area contributed by atoms with E-state index in [1.165, 1.54) is 18.5 Å². The second-order valence-corrected chi connectivity index (χ2v) is 7.95. The van der Waals surface area contributed by atoms with Crippen LogP contribution in [-0.2, 0) is 6.54 Å². The molecule has 5 nitrogen and oxygen atoms in total. The van der Waals surface area contributed by atoms with Gasteiger partial charge in [-0.25, -0.2) is 9.97 Å². The molecule has 0 spiro atoms. The predicted octanol–water partition coefficient (Wildman–Crippen LogP) is 3.10. The molecule has 3 aromatic rings. The topological polar surface area (TPSA) is 45.5 Å². The van der Waals surface area contributed by atoms with Gasteiger partial charge >= 0.3 is 0 Å². The van der Waals surface area contributed by atoms with Crippen LogP contribution in [-0.4, -0.2) is 44.4 Å². The van der Waals surface area contributed by atoms with Gasteiger partial charge in [0.25, 0.3) is 0 Å². The molecule has 2 saturated heterocycles. The molecular formula is C19H20BrN5. The van der Waals surface area contributed by atoms with Gasteiger partial charge in [0.2, 0.25) is 5.78 Å². The molecule has 0 radical (unpaired) electrons. The Morgan fingerprint density at radius 3 is 2.64 bits per heavy atom. The smallest absolute Gasteiger partial charge is 0.234 e. The summed E-state index contributed by atoms with van der Waals surface area (Å²) in [6.07, 6.45) is 6.48. The van der Waals surface area contributed by atoms with Crippen molar-refractivity contribution >= 4 is 21.7 Å². The van der Waals surface area contributed by atoms with Crippen LogP contribution in [0.15, 0.2) is 47.2 Å². The molecule has 4 heterocycles. The molecule has 2 aliphatic rings. The number of nitrogens with one attached hydrogen (secondary N) is 1. The molecule has 5 rings (SSSR count). The fraction of sp³-hybridized carbons (Fsp3) is 0.368. The van der Waals surface area contributed by atoms with E-state index in [2.05, 4.69) is 66.0 Å². The molecule has 0 saturated carbocycles. The van der Waals surface area contributed by atoms with Crippen LogP contribution in [0.25, 0.3) is 17.0 Å². The number of halogens is 1. The summed E-state index contributed by atoms with van der Waals surface area (Å²) in [6, 6.07) is 11.7. The summed E-state index contributed by atoms with van der Waals surface area (Å²) >= 11 is 3.52. The molecule has 2 aromatic heterocycles. The summed E-state index contributed by atoms with van der Waals surface area (Å²) in [5.41, 5.74) is 3.41. The molecule has 2 fully saturated rings. The Kier molecular flexibility index (Phi) is 3.84. The summed E-state index contributed by atoms with van der Waals surface area (Å²) in [6.45, 7) is 3.14. The summed E-state index contributed by atoms with van der Waals surface area (Å²) in [5, 5.41) is 3.71. The molecule has 0 aliphatic carbocycles. The van der Waals surface area contributed by atoms with Crippen LogP contribution in [0.4, 0.5) is 0 Å². The quantitative estimate of drug-likeness (QED) is 0.737. The van der Waals surface area contributed by atoms with Crippen LogP contribution in [0.2, 0.25) is 0 Å².